The predicted molar refractivity (Wildman–Crippen MR) is 80.1 cm³/mol. The lowest BCUT2D eigenvalue weighted by Gasteiger charge is -2.25. The lowest BCUT2D eigenvalue weighted by atomic mass is 9.80. The first-order valence-electron chi connectivity index (χ1n) is 6.96. The molecule has 1 fully saturated rings. The zero-order chi connectivity index (χ0) is 14.7. The molecule has 3 N–H and O–H groups in total. The summed E-state index contributed by atoms with van der Waals surface area (Å²) in [5, 5.41) is 9.47. The normalized spacial score (nSPS) is 17.9. The molecule has 0 spiro atoms. The van der Waals surface area contributed by atoms with Crippen molar-refractivity contribution in [1.29, 1.82) is 0 Å². The second kappa shape index (κ2) is 6.57. The van der Waals surface area contributed by atoms with Gasteiger partial charge in [0.25, 0.3) is 0 Å². The zero-order valence-corrected chi connectivity index (χ0v) is 12.8. The fourth-order valence-electron chi connectivity index (χ4n) is 3.01. The zero-order valence-electron chi connectivity index (χ0n) is 11.2. The van der Waals surface area contributed by atoms with E-state index in [0.717, 1.165) is 25.7 Å². The third kappa shape index (κ3) is 3.51. The van der Waals surface area contributed by atoms with Crippen molar-refractivity contribution in [2.24, 2.45) is 5.92 Å². The van der Waals surface area contributed by atoms with Gasteiger partial charge in [0.1, 0.15) is 5.82 Å². The number of hydrogen-bond acceptors (Lipinski definition) is 2. The number of anilines is 1. The molecule has 0 aliphatic heterocycles. The lowest BCUT2D eigenvalue weighted by molar-refractivity contribution is -0.139. The molecule has 0 aromatic heterocycles. The number of carboxylic acids is 1. The van der Waals surface area contributed by atoms with E-state index in [-0.39, 0.29) is 0 Å². The Morgan fingerprint density at radius 3 is 2.65 bits per heavy atom. The maximum Gasteiger partial charge on any atom is 0.311 e. The quantitative estimate of drug-likeness (QED) is 0.800. The summed E-state index contributed by atoms with van der Waals surface area (Å²) in [5.41, 5.74) is 6.63. The van der Waals surface area contributed by atoms with E-state index in [1.165, 1.54) is 18.6 Å². The molecule has 3 nitrogen and oxygen atoms in total. The molecule has 0 amide bonds. The van der Waals surface area contributed by atoms with Crippen LogP contribution < -0.4 is 5.73 Å². The average Bonchev–Trinajstić information content (AvgIpc) is 2.41. The van der Waals surface area contributed by atoms with Gasteiger partial charge in [-0.3, -0.25) is 4.79 Å². The Labute approximate surface area is 126 Å². The Morgan fingerprint density at radius 1 is 1.40 bits per heavy atom. The highest BCUT2D eigenvalue weighted by Gasteiger charge is 2.28. The van der Waals surface area contributed by atoms with Gasteiger partial charge in [-0.05, 0) is 46.0 Å². The van der Waals surface area contributed by atoms with Gasteiger partial charge in [0.05, 0.1) is 11.6 Å². The van der Waals surface area contributed by atoms with Crippen LogP contribution in [0.3, 0.4) is 0 Å². The van der Waals surface area contributed by atoms with Gasteiger partial charge in [0, 0.05) is 4.47 Å². The molecule has 110 valence electrons. The van der Waals surface area contributed by atoms with E-state index < -0.39 is 17.7 Å². The summed E-state index contributed by atoms with van der Waals surface area (Å²) >= 11 is 3.18. The first-order valence-corrected chi connectivity index (χ1v) is 7.75. The molecule has 5 heteroatoms. The topological polar surface area (TPSA) is 63.3 Å². The van der Waals surface area contributed by atoms with E-state index >= 15 is 0 Å². The van der Waals surface area contributed by atoms with Gasteiger partial charge in [0.2, 0.25) is 0 Å². The van der Waals surface area contributed by atoms with Crippen molar-refractivity contribution >= 4 is 27.6 Å². The maximum atomic E-state index is 13.5. The third-order valence-electron chi connectivity index (χ3n) is 4.09. The summed E-state index contributed by atoms with van der Waals surface area (Å²) in [6, 6.07) is 2.51. The molecule has 0 saturated heterocycles. The molecule has 0 heterocycles. The SMILES string of the molecule is Nc1c(Br)cc(F)cc1C(CC1CCCCC1)C(=O)O. The Bertz CT molecular complexity index is 501. The molecule has 1 saturated carbocycles. The number of nitrogens with two attached hydrogens (primary N) is 1. The maximum absolute atomic E-state index is 13.5. The van der Waals surface area contributed by atoms with Crippen molar-refractivity contribution in [3.05, 3.63) is 28.0 Å². The highest BCUT2D eigenvalue weighted by Crippen LogP contribution is 2.37. The number of carboxylic acid groups (broad SMARTS) is 1. The van der Waals surface area contributed by atoms with Crippen molar-refractivity contribution in [2.75, 3.05) is 5.73 Å². The van der Waals surface area contributed by atoms with Crippen molar-refractivity contribution in [3.8, 4) is 0 Å². The van der Waals surface area contributed by atoms with Crippen LogP contribution in [0.2, 0.25) is 0 Å². The second-order valence-corrected chi connectivity index (χ2v) is 6.38. The molecule has 1 aromatic rings. The van der Waals surface area contributed by atoms with Crippen molar-refractivity contribution in [1.82, 2.24) is 0 Å². The minimum Gasteiger partial charge on any atom is -0.481 e. The van der Waals surface area contributed by atoms with Crippen LogP contribution in [0.1, 0.15) is 50.0 Å². The largest absolute Gasteiger partial charge is 0.481 e. The Morgan fingerprint density at radius 2 is 2.05 bits per heavy atom. The number of halogens is 2. The second-order valence-electron chi connectivity index (χ2n) is 5.52. The summed E-state index contributed by atoms with van der Waals surface area (Å²) in [6.07, 6.45) is 6.18. The van der Waals surface area contributed by atoms with E-state index in [2.05, 4.69) is 15.9 Å². The van der Waals surface area contributed by atoms with E-state index in [9.17, 15) is 14.3 Å². The fourth-order valence-corrected chi connectivity index (χ4v) is 3.46. The van der Waals surface area contributed by atoms with Crippen molar-refractivity contribution in [3.63, 3.8) is 0 Å². The van der Waals surface area contributed by atoms with Gasteiger partial charge in [0.15, 0.2) is 0 Å². The number of rotatable bonds is 4. The van der Waals surface area contributed by atoms with Gasteiger partial charge in [-0.2, -0.15) is 0 Å². The minimum absolute atomic E-state index is 0.328. The smallest absolute Gasteiger partial charge is 0.311 e. The summed E-state index contributed by atoms with van der Waals surface area (Å²) in [4.78, 5) is 11.6. The Hall–Kier alpha value is -1.10. The molecule has 1 aliphatic rings. The van der Waals surface area contributed by atoms with Crippen LogP contribution in [0, 0.1) is 11.7 Å². The summed E-state index contributed by atoms with van der Waals surface area (Å²) < 4.78 is 14.0. The summed E-state index contributed by atoms with van der Waals surface area (Å²) in [5.74, 6) is -1.73. The lowest BCUT2D eigenvalue weighted by Crippen LogP contribution is -2.19. The van der Waals surface area contributed by atoms with Crippen molar-refractivity contribution < 1.29 is 14.3 Å². The molecular weight excluding hydrogens is 325 g/mol. The number of carbonyl (C=O) groups is 1. The molecule has 1 aliphatic carbocycles. The van der Waals surface area contributed by atoms with Gasteiger partial charge in [-0.1, -0.05) is 32.1 Å². The van der Waals surface area contributed by atoms with Crippen LogP contribution in [-0.4, -0.2) is 11.1 Å². The fraction of sp³-hybridized carbons (Fsp3) is 0.533. The first-order chi connectivity index (χ1) is 9.49. The van der Waals surface area contributed by atoms with Crippen molar-refractivity contribution in [2.45, 2.75) is 44.4 Å². The van der Waals surface area contributed by atoms with Crippen LogP contribution in [-0.2, 0) is 4.79 Å². The third-order valence-corrected chi connectivity index (χ3v) is 4.75. The average molecular weight is 344 g/mol. The monoisotopic (exact) mass is 343 g/mol. The van der Waals surface area contributed by atoms with Crippen LogP contribution in [0.4, 0.5) is 10.1 Å². The Balaban J connectivity index is 2.26. The number of nitrogen functional groups attached to an aromatic ring is 1. The minimum atomic E-state index is -0.931. The molecule has 1 unspecified atom stereocenters. The van der Waals surface area contributed by atoms with Crippen LogP contribution in [0.15, 0.2) is 16.6 Å². The van der Waals surface area contributed by atoms with E-state index in [1.54, 1.807) is 0 Å². The molecule has 1 atom stereocenters. The predicted octanol–water partition coefficient (Wildman–Crippen LogP) is 4.31. The van der Waals surface area contributed by atoms with Gasteiger partial charge in [-0.25, -0.2) is 4.39 Å². The van der Waals surface area contributed by atoms with Gasteiger partial charge in [-0.15, -0.1) is 0 Å². The van der Waals surface area contributed by atoms with E-state index in [4.69, 9.17) is 5.73 Å². The molecular formula is C15H19BrFNO2. The van der Waals surface area contributed by atoms with Crippen LogP contribution >= 0.6 is 15.9 Å². The molecule has 2 rings (SSSR count). The van der Waals surface area contributed by atoms with E-state index in [1.807, 2.05) is 0 Å². The number of benzene rings is 1. The molecule has 0 bridgehead atoms. The highest BCUT2D eigenvalue weighted by atomic mass is 79.9. The molecule has 1 aromatic carbocycles. The van der Waals surface area contributed by atoms with Gasteiger partial charge < -0.3 is 10.8 Å². The Kier molecular flexibility index (Phi) is 5.02. The van der Waals surface area contributed by atoms with Crippen LogP contribution in [0.25, 0.3) is 0 Å². The van der Waals surface area contributed by atoms with Crippen LogP contribution in [0.5, 0.6) is 0 Å². The number of hydrogen-bond donors (Lipinski definition) is 2. The summed E-state index contributed by atoms with van der Waals surface area (Å²) in [7, 11) is 0. The van der Waals surface area contributed by atoms with E-state index in [0.29, 0.717) is 28.1 Å². The number of aliphatic carboxylic acids is 1. The molecule has 20 heavy (non-hydrogen) atoms. The highest BCUT2D eigenvalue weighted by molar-refractivity contribution is 9.10. The summed E-state index contributed by atoms with van der Waals surface area (Å²) in [6.45, 7) is 0. The standard InChI is InChI=1S/C15H19BrFNO2/c16-13-8-10(17)7-11(14(13)18)12(15(19)20)6-9-4-2-1-3-5-9/h7-9,12H,1-6,18H2,(H,19,20). The molecule has 0 radical (unpaired) electrons. The van der Waals surface area contributed by atoms with Gasteiger partial charge >= 0.3 is 5.97 Å². The first kappa shape index (κ1) is 15.3.